The number of aliphatic hydroxyl groups excluding tert-OH is 1. The molecule has 0 aromatic heterocycles. The summed E-state index contributed by atoms with van der Waals surface area (Å²) in [6, 6.07) is 0. The number of aliphatic hydroxyl groups is 1. The van der Waals surface area contributed by atoms with Crippen molar-refractivity contribution < 1.29 is 13.5 Å². The van der Waals surface area contributed by atoms with Crippen LogP contribution in [-0.2, 0) is 9.84 Å². The van der Waals surface area contributed by atoms with Crippen LogP contribution >= 0.6 is 0 Å². The third-order valence-corrected chi connectivity index (χ3v) is 4.79. The minimum absolute atomic E-state index is 0. The van der Waals surface area contributed by atoms with Gasteiger partial charge in [0.25, 0.3) is 0 Å². The van der Waals surface area contributed by atoms with E-state index in [1.54, 1.807) is 0 Å². The Morgan fingerprint density at radius 2 is 2.00 bits per heavy atom. The van der Waals surface area contributed by atoms with Crippen molar-refractivity contribution in [3.8, 4) is 0 Å². The van der Waals surface area contributed by atoms with Gasteiger partial charge in [-0.2, -0.15) is 0 Å². The van der Waals surface area contributed by atoms with Crippen LogP contribution in [0.1, 0.15) is 19.8 Å². The van der Waals surface area contributed by atoms with E-state index in [9.17, 15) is 8.42 Å². The molecule has 1 fully saturated rings. The Labute approximate surface area is 103 Å². The molecule has 0 amide bonds. The van der Waals surface area contributed by atoms with Crippen LogP contribution in [0.5, 0.6) is 0 Å². The van der Waals surface area contributed by atoms with Crippen LogP contribution in [-0.4, -0.2) is 67.4 Å². The zero-order valence-electron chi connectivity index (χ0n) is 6.66. The van der Waals surface area contributed by atoms with Crippen LogP contribution in [0.15, 0.2) is 0 Å². The van der Waals surface area contributed by atoms with Crippen molar-refractivity contribution in [1.82, 2.24) is 0 Å². The summed E-state index contributed by atoms with van der Waals surface area (Å²) in [6.45, 7) is 1.92. The van der Waals surface area contributed by atoms with E-state index in [4.69, 9.17) is 5.11 Å². The summed E-state index contributed by atoms with van der Waals surface area (Å²) in [5, 5.41) is 8.33. The fraction of sp³-hybridized carbons (Fsp3) is 1.00. The molecule has 2 atom stereocenters. The topological polar surface area (TPSA) is 54.4 Å². The molecule has 1 aliphatic rings. The molecule has 1 saturated heterocycles. The molecule has 74 valence electrons. The van der Waals surface area contributed by atoms with Gasteiger partial charge in [0.15, 0.2) is 27.2 Å². The van der Waals surface area contributed by atoms with Gasteiger partial charge in [-0.15, -0.1) is 0 Å². The Morgan fingerprint density at radius 3 is 2.31 bits per heavy atom. The van der Waals surface area contributed by atoms with Gasteiger partial charge in [0.1, 0.15) is 0 Å². The Morgan fingerprint density at radius 1 is 1.46 bits per heavy atom. The molecule has 0 spiro atoms. The van der Waals surface area contributed by atoms with Crippen molar-refractivity contribution in [3.63, 3.8) is 0 Å². The molecule has 1 rings (SSSR count). The molecule has 0 aliphatic carbocycles. The second kappa shape index (κ2) is 6.51. The quantitative estimate of drug-likeness (QED) is 0.563. The summed E-state index contributed by atoms with van der Waals surface area (Å²) in [6.07, 6.45) is 1.16. The molecule has 0 radical (unpaired) electrons. The first kappa shape index (κ1) is 16.5. The van der Waals surface area contributed by atoms with Crippen LogP contribution < -0.4 is 0 Å². The maximum atomic E-state index is 11.3. The van der Waals surface area contributed by atoms with Gasteiger partial charge in [0, 0.05) is 6.61 Å². The van der Waals surface area contributed by atoms with E-state index in [1.165, 1.54) is 0 Å². The normalized spacial score (nSPS) is 30.3. The van der Waals surface area contributed by atoms with Crippen LogP contribution in [0.2, 0.25) is 0 Å². The molecular formula is C7H18AlLiO3S. The van der Waals surface area contributed by atoms with Gasteiger partial charge in [0.2, 0.25) is 0 Å². The zero-order valence-corrected chi connectivity index (χ0v) is 7.47. The molecule has 0 aromatic carbocycles. The monoisotopic (exact) mass is 216 g/mol. The van der Waals surface area contributed by atoms with Gasteiger partial charge in [-0.05, 0) is 18.8 Å². The summed E-state index contributed by atoms with van der Waals surface area (Å²) >= 11 is 0. The zero-order chi connectivity index (χ0) is 8.48. The molecule has 1 heterocycles. The van der Waals surface area contributed by atoms with Crippen LogP contribution in [0.3, 0.4) is 0 Å². The molecule has 6 heteroatoms. The van der Waals surface area contributed by atoms with E-state index in [0.29, 0.717) is 12.2 Å². The van der Waals surface area contributed by atoms with E-state index in [2.05, 4.69) is 0 Å². The van der Waals surface area contributed by atoms with Gasteiger partial charge >= 0.3 is 18.9 Å². The third-order valence-electron chi connectivity index (χ3n) is 2.37. The van der Waals surface area contributed by atoms with Crippen molar-refractivity contribution >= 4 is 46.1 Å². The van der Waals surface area contributed by atoms with Crippen molar-refractivity contribution in [1.29, 1.82) is 0 Å². The standard InChI is InChI=1S/C7H14O3S.Al.Li.4H/c1-6-3-5-11(9,10)7(6)2-4-8;;;;;;/h6-8H,2-5H2,1H3;;;;;;. The van der Waals surface area contributed by atoms with Gasteiger partial charge in [-0.25, -0.2) is 8.42 Å². The molecule has 0 aromatic rings. The Bertz CT molecular complexity index is 230. The minimum atomic E-state index is -2.86. The molecular weight excluding hydrogens is 198 g/mol. The van der Waals surface area contributed by atoms with Gasteiger partial charge in [0.05, 0.1) is 11.0 Å². The number of rotatable bonds is 2. The van der Waals surface area contributed by atoms with E-state index in [0.717, 1.165) is 6.42 Å². The van der Waals surface area contributed by atoms with E-state index < -0.39 is 9.84 Å². The van der Waals surface area contributed by atoms with Crippen LogP contribution in [0.25, 0.3) is 0 Å². The average molecular weight is 216 g/mol. The van der Waals surface area contributed by atoms with E-state index in [-0.39, 0.29) is 54.0 Å². The fourth-order valence-corrected chi connectivity index (χ4v) is 3.94. The van der Waals surface area contributed by atoms with E-state index >= 15 is 0 Å². The molecule has 13 heavy (non-hydrogen) atoms. The molecule has 0 bridgehead atoms. The summed E-state index contributed by atoms with van der Waals surface area (Å²) in [4.78, 5) is 0. The van der Waals surface area contributed by atoms with Crippen LogP contribution in [0.4, 0.5) is 0 Å². The van der Waals surface area contributed by atoms with Gasteiger partial charge < -0.3 is 5.11 Å². The molecule has 2 unspecified atom stereocenters. The van der Waals surface area contributed by atoms with Gasteiger partial charge in [-0.1, -0.05) is 6.92 Å². The third kappa shape index (κ3) is 3.96. The first-order chi connectivity index (χ1) is 5.08. The Balaban J connectivity index is 0. The first-order valence-corrected chi connectivity index (χ1v) is 5.62. The number of hydrogen-bond acceptors (Lipinski definition) is 3. The first-order valence-electron chi connectivity index (χ1n) is 3.90. The number of sulfone groups is 1. The second-order valence-electron chi connectivity index (χ2n) is 3.18. The number of hydrogen-bond donors (Lipinski definition) is 1. The van der Waals surface area contributed by atoms with Crippen molar-refractivity contribution in [2.45, 2.75) is 25.0 Å². The Hall–Kier alpha value is 1.04. The molecule has 1 N–H and O–H groups in total. The van der Waals surface area contributed by atoms with Gasteiger partial charge in [-0.3, -0.25) is 0 Å². The predicted octanol–water partition coefficient (Wildman–Crippen LogP) is -1.64. The van der Waals surface area contributed by atoms with Crippen molar-refractivity contribution in [2.24, 2.45) is 5.92 Å². The summed E-state index contributed by atoms with van der Waals surface area (Å²) < 4.78 is 22.5. The Kier molecular flexibility index (Phi) is 8.25. The predicted molar refractivity (Wildman–Crippen MR) is 60.1 cm³/mol. The summed E-state index contributed by atoms with van der Waals surface area (Å²) in [5.41, 5.74) is 0. The molecule has 3 nitrogen and oxygen atoms in total. The van der Waals surface area contributed by atoms with Crippen LogP contribution in [0, 0.1) is 5.92 Å². The van der Waals surface area contributed by atoms with E-state index in [1.807, 2.05) is 6.92 Å². The molecule has 1 aliphatic heterocycles. The SMILES string of the molecule is CC1CCS(=O)(=O)C1CCO.[AlH3].[LiH]. The summed E-state index contributed by atoms with van der Waals surface area (Å²) in [5.74, 6) is 0.533. The van der Waals surface area contributed by atoms with Crippen molar-refractivity contribution in [2.75, 3.05) is 12.4 Å². The fourth-order valence-electron chi connectivity index (χ4n) is 1.63. The van der Waals surface area contributed by atoms with Crippen molar-refractivity contribution in [3.05, 3.63) is 0 Å². The summed E-state index contributed by atoms with van der Waals surface area (Å²) in [7, 11) is -2.86. The molecule has 0 saturated carbocycles. The maximum absolute atomic E-state index is 11.3. The average Bonchev–Trinajstić information content (AvgIpc) is 2.16. The second-order valence-corrected chi connectivity index (χ2v) is 5.52.